The molecule has 0 spiro atoms. The van der Waals surface area contributed by atoms with E-state index >= 15 is 4.39 Å². The third-order valence-electron chi connectivity index (χ3n) is 10.9. The zero-order chi connectivity index (χ0) is 36.8. The summed E-state index contributed by atoms with van der Waals surface area (Å²) in [5, 5.41) is 19.3. The van der Waals surface area contributed by atoms with E-state index in [1.807, 2.05) is 33.2 Å². The predicted octanol–water partition coefficient (Wildman–Crippen LogP) is 7.63. The highest BCUT2D eigenvalue weighted by Gasteiger charge is 2.42. The quantitative estimate of drug-likeness (QED) is 0.194. The van der Waals surface area contributed by atoms with E-state index < -0.39 is 17.4 Å². The number of rotatable bonds is 8. The van der Waals surface area contributed by atoms with Gasteiger partial charge in [0.15, 0.2) is 11.6 Å². The van der Waals surface area contributed by atoms with Crippen molar-refractivity contribution in [3.63, 3.8) is 0 Å². The third-order valence-corrected chi connectivity index (χ3v) is 10.9. The molecule has 2 bridgehead atoms. The van der Waals surface area contributed by atoms with Crippen LogP contribution in [0.5, 0.6) is 5.75 Å². The molecule has 2 unspecified atom stereocenters. The molecule has 274 valence electrons. The number of anilines is 1. The summed E-state index contributed by atoms with van der Waals surface area (Å²) < 4.78 is 23.4. The summed E-state index contributed by atoms with van der Waals surface area (Å²) in [5.74, 6) is -0.0213. The Morgan fingerprint density at radius 2 is 1.76 bits per heavy atom. The van der Waals surface area contributed by atoms with Gasteiger partial charge in [-0.15, -0.1) is 0 Å². The van der Waals surface area contributed by atoms with Gasteiger partial charge in [0.05, 0.1) is 24.3 Å². The summed E-state index contributed by atoms with van der Waals surface area (Å²) >= 11 is 0. The number of benzene rings is 1. The lowest BCUT2D eigenvalue weighted by Gasteiger charge is -2.43. The van der Waals surface area contributed by atoms with Crippen LogP contribution >= 0.6 is 0 Å². The Balaban J connectivity index is 0.000000839. The lowest BCUT2D eigenvalue weighted by molar-refractivity contribution is -0.136. The van der Waals surface area contributed by atoms with Crippen LogP contribution in [-0.2, 0) is 24.7 Å². The second kappa shape index (κ2) is 14.5. The molecule has 0 radical (unpaired) electrons. The Labute approximate surface area is 301 Å². The maximum atomic E-state index is 15.6. The molecule has 6 heterocycles. The first-order valence-electron chi connectivity index (χ1n) is 18.6. The number of aliphatic hydroxyl groups is 1. The predicted molar refractivity (Wildman–Crippen MR) is 201 cm³/mol. The monoisotopic (exact) mass is 699 g/mol. The van der Waals surface area contributed by atoms with Gasteiger partial charge in [-0.2, -0.15) is 0 Å². The van der Waals surface area contributed by atoms with Crippen LogP contribution in [0.3, 0.4) is 0 Å². The van der Waals surface area contributed by atoms with Crippen molar-refractivity contribution in [2.75, 3.05) is 24.6 Å². The molecule has 2 saturated heterocycles. The molecule has 2 fully saturated rings. The SMILES string of the molecule is CC(C)(C)O.CCN(CC)C1CC2CCC(C1)N2c1cc(-c2cc3c(-c4cc(F)c5c(c4C)CCCO5)c(CC(=O)O)c(C)nc3n2C)ccn1. The van der Waals surface area contributed by atoms with E-state index in [1.165, 1.54) is 31.7 Å². The minimum atomic E-state index is -0.945. The molecule has 0 saturated carbocycles. The molecule has 4 aromatic rings. The number of piperidine rings is 1. The topological polar surface area (TPSA) is 104 Å². The smallest absolute Gasteiger partial charge is 0.307 e. The number of aliphatic carboxylic acids is 1. The average molecular weight is 700 g/mol. The largest absolute Gasteiger partial charge is 0.490 e. The Bertz CT molecular complexity index is 1910. The molecule has 3 aliphatic rings. The molecule has 0 aliphatic carbocycles. The van der Waals surface area contributed by atoms with E-state index in [0.29, 0.717) is 47.3 Å². The van der Waals surface area contributed by atoms with Gasteiger partial charge in [0.1, 0.15) is 11.5 Å². The number of carbonyl (C=O) groups is 1. The van der Waals surface area contributed by atoms with E-state index in [-0.39, 0.29) is 6.42 Å². The maximum absolute atomic E-state index is 15.6. The lowest BCUT2D eigenvalue weighted by Crippen LogP contribution is -2.50. The summed E-state index contributed by atoms with van der Waals surface area (Å²) in [6, 6.07) is 9.45. The van der Waals surface area contributed by atoms with Crippen molar-refractivity contribution < 1.29 is 24.1 Å². The van der Waals surface area contributed by atoms with Gasteiger partial charge in [0, 0.05) is 53.6 Å². The van der Waals surface area contributed by atoms with E-state index in [0.717, 1.165) is 70.7 Å². The van der Waals surface area contributed by atoms with Crippen LogP contribution in [0.15, 0.2) is 30.5 Å². The minimum Gasteiger partial charge on any atom is -0.490 e. The number of ether oxygens (including phenoxy) is 1. The van der Waals surface area contributed by atoms with Gasteiger partial charge >= 0.3 is 5.97 Å². The molecule has 3 aliphatic heterocycles. The van der Waals surface area contributed by atoms with Crippen molar-refractivity contribution in [2.45, 2.75) is 117 Å². The van der Waals surface area contributed by atoms with E-state index in [2.05, 4.69) is 40.3 Å². The summed E-state index contributed by atoms with van der Waals surface area (Å²) in [5.41, 5.74) is 6.70. The number of carboxylic acids is 1. The van der Waals surface area contributed by atoms with Gasteiger partial charge in [-0.3, -0.25) is 4.79 Å². The maximum Gasteiger partial charge on any atom is 0.307 e. The van der Waals surface area contributed by atoms with Gasteiger partial charge in [-0.25, -0.2) is 14.4 Å². The summed E-state index contributed by atoms with van der Waals surface area (Å²) in [6.45, 7) is 16.3. The van der Waals surface area contributed by atoms with E-state index in [9.17, 15) is 9.90 Å². The average Bonchev–Trinajstić information content (AvgIpc) is 3.54. The molecule has 2 atom stereocenters. The van der Waals surface area contributed by atoms with Crippen molar-refractivity contribution in [2.24, 2.45) is 7.05 Å². The Hall–Kier alpha value is -4.02. The van der Waals surface area contributed by atoms with E-state index in [4.69, 9.17) is 19.8 Å². The number of halogens is 1. The number of aryl methyl sites for hydroxylation is 2. The van der Waals surface area contributed by atoms with Gasteiger partial charge in [-0.05, 0) is 133 Å². The standard InChI is InChI=1S/C37H44FN5O3.C4H10O/c1-6-42(7-2)26-16-24-10-11-25(17-26)43(24)33-15-23(12-13-39-33)32-19-30-35(29(20-34(44)45)22(4)40-37(30)41(32)5)28-18-31(38)36-27(21(28)3)9-8-14-46-36;1-4(2,3)5/h12-13,15,18-19,24-26H,6-11,14,16-17,20H2,1-5H3,(H,44,45);5H,1-3H3. The fraction of sp³-hybridized carbons (Fsp3) is 0.537. The first kappa shape index (κ1) is 36.8. The fourth-order valence-corrected chi connectivity index (χ4v) is 8.63. The van der Waals surface area contributed by atoms with Crippen LogP contribution in [0.1, 0.15) is 89.1 Å². The molecule has 1 aromatic carbocycles. The Morgan fingerprint density at radius 1 is 1.10 bits per heavy atom. The lowest BCUT2D eigenvalue weighted by atomic mass is 9.87. The molecule has 10 heteroatoms. The highest BCUT2D eigenvalue weighted by atomic mass is 19.1. The molecule has 3 aromatic heterocycles. The second-order valence-corrected chi connectivity index (χ2v) is 15.5. The summed E-state index contributed by atoms with van der Waals surface area (Å²) in [7, 11) is 2.00. The second-order valence-electron chi connectivity index (χ2n) is 15.5. The third kappa shape index (κ3) is 7.35. The first-order valence-corrected chi connectivity index (χ1v) is 18.6. The van der Waals surface area contributed by atoms with Crippen molar-refractivity contribution in [3.8, 4) is 28.1 Å². The zero-order valence-corrected chi connectivity index (χ0v) is 31.5. The van der Waals surface area contributed by atoms with Crippen molar-refractivity contribution in [1.29, 1.82) is 0 Å². The van der Waals surface area contributed by atoms with Gasteiger partial charge in [0.25, 0.3) is 0 Å². The molecule has 51 heavy (non-hydrogen) atoms. The normalized spacial score (nSPS) is 19.9. The number of carboxylic acid groups (broad SMARTS) is 1. The fourth-order valence-electron chi connectivity index (χ4n) is 8.63. The first-order chi connectivity index (χ1) is 24.2. The molecule has 2 N–H and O–H groups in total. The highest BCUT2D eigenvalue weighted by molar-refractivity contribution is 6.01. The Kier molecular flexibility index (Phi) is 10.5. The number of aromatic nitrogens is 3. The highest BCUT2D eigenvalue weighted by Crippen LogP contribution is 2.44. The Morgan fingerprint density at radius 3 is 2.39 bits per heavy atom. The number of pyridine rings is 2. The molecule has 7 rings (SSSR count). The van der Waals surface area contributed by atoms with Gasteiger partial charge in [0.2, 0.25) is 0 Å². The van der Waals surface area contributed by atoms with Crippen molar-refractivity contribution in [3.05, 3.63) is 58.7 Å². The molecule has 9 nitrogen and oxygen atoms in total. The van der Waals surface area contributed by atoms with E-state index in [1.54, 1.807) is 20.8 Å². The molecular formula is C41H54FN5O4. The number of nitrogens with zero attached hydrogens (tertiary/aromatic N) is 5. The number of fused-ring (bicyclic) bond motifs is 4. The van der Waals surface area contributed by atoms with Gasteiger partial charge < -0.3 is 29.3 Å². The van der Waals surface area contributed by atoms with Crippen LogP contribution in [0.2, 0.25) is 0 Å². The van der Waals surface area contributed by atoms with Crippen molar-refractivity contribution in [1.82, 2.24) is 19.4 Å². The number of hydrogen-bond donors (Lipinski definition) is 2. The summed E-state index contributed by atoms with van der Waals surface area (Å²) in [6.07, 6.45) is 7.97. The minimum absolute atomic E-state index is 0.200. The van der Waals surface area contributed by atoms with Crippen molar-refractivity contribution >= 4 is 22.8 Å². The van der Waals surface area contributed by atoms with Crippen LogP contribution in [0, 0.1) is 19.7 Å². The molecular weight excluding hydrogens is 645 g/mol. The van der Waals surface area contributed by atoms with Gasteiger partial charge in [-0.1, -0.05) is 13.8 Å². The molecule has 0 amide bonds. The zero-order valence-electron chi connectivity index (χ0n) is 31.5. The number of hydrogen-bond acceptors (Lipinski definition) is 7. The van der Waals surface area contributed by atoms with Crippen LogP contribution < -0.4 is 9.64 Å². The summed E-state index contributed by atoms with van der Waals surface area (Å²) in [4.78, 5) is 27.1. The van der Waals surface area contributed by atoms with Crippen LogP contribution in [0.4, 0.5) is 10.2 Å². The van der Waals surface area contributed by atoms with Crippen LogP contribution in [0.25, 0.3) is 33.4 Å². The van der Waals surface area contributed by atoms with Crippen LogP contribution in [-0.4, -0.2) is 79.0 Å².